The second kappa shape index (κ2) is 6.83. The number of nitrogens with zero attached hydrogens (tertiary/aromatic N) is 2. The van der Waals surface area contributed by atoms with Gasteiger partial charge in [-0.3, -0.25) is 4.79 Å². The lowest BCUT2D eigenvalue weighted by molar-refractivity contribution is -0.129. The molecule has 0 aliphatic heterocycles. The van der Waals surface area contributed by atoms with E-state index in [1.54, 1.807) is 23.3 Å². The van der Waals surface area contributed by atoms with Crippen molar-refractivity contribution in [2.75, 3.05) is 20.2 Å². The molecular weight excluding hydrogens is 284 g/mol. The average Bonchev–Trinajstić information content (AvgIpc) is 2.80. The van der Waals surface area contributed by atoms with Crippen molar-refractivity contribution >= 4 is 17.2 Å². The lowest BCUT2D eigenvalue weighted by Gasteiger charge is -2.15. The minimum absolute atomic E-state index is 0.000983. The van der Waals surface area contributed by atoms with E-state index in [1.165, 1.54) is 5.56 Å². The highest BCUT2D eigenvalue weighted by Crippen LogP contribution is 2.29. The molecule has 1 N–H and O–H groups in total. The molecule has 0 bridgehead atoms. The van der Waals surface area contributed by atoms with Gasteiger partial charge in [0, 0.05) is 24.0 Å². The summed E-state index contributed by atoms with van der Waals surface area (Å²) in [4.78, 5) is 19.2. The summed E-state index contributed by atoms with van der Waals surface area (Å²) in [7, 11) is 1.71. The fourth-order valence-electron chi connectivity index (χ4n) is 2.07. The van der Waals surface area contributed by atoms with E-state index in [2.05, 4.69) is 4.98 Å². The minimum atomic E-state index is -0.0191. The van der Waals surface area contributed by atoms with E-state index in [-0.39, 0.29) is 12.5 Å². The van der Waals surface area contributed by atoms with E-state index >= 15 is 0 Å². The van der Waals surface area contributed by atoms with E-state index in [0.717, 1.165) is 21.1 Å². The fraction of sp³-hybridized carbons (Fsp3) is 0.375. The molecule has 1 aromatic heterocycles. The number of amides is 1. The molecule has 112 valence electrons. The Kier molecular flexibility index (Phi) is 5.09. The van der Waals surface area contributed by atoms with Crippen molar-refractivity contribution in [3.63, 3.8) is 0 Å². The number of hydrogen-bond donors (Lipinski definition) is 1. The topological polar surface area (TPSA) is 53.4 Å². The summed E-state index contributed by atoms with van der Waals surface area (Å²) in [6.45, 7) is 4.34. The van der Waals surface area contributed by atoms with Crippen molar-refractivity contribution < 1.29 is 9.90 Å². The van der Waals surface area contributed by atoms with Crippen molar-refractivity contribution in [1.29, 1.82) is 0 Å². The zero-order chi connectivity index (χ0) is 15.4. The van der Waals surface area contributed by atoms with E-state index in [0.29, 0.717) is 13.0 Å². The highest BCUT2D eigenvalue weighted by molar-refractivity contribution is 7.12. The first kappa shape index (κ1) is 15.7. The molecule has 0 saturated heterocycles. The number of hydrogen-bond acceptors (Lipinski definition) is 4. The molecule has 2 aromatic rings. The Morgan fingerprint density at radius 1 is 1.29 bits per heavy atom. The highest BCUT2D eigenvalue weighted by atomic mass is 32.1. The van der Waals surface area contributed by atoms with Gasteiger partial charge in [0.25, 0.3) is 0 Å². The Morgan fingerprint density at radius 3 is 2.57 bits per heavy atom. The van der Waals surface area contributed by atoms with E-state index in [4.69, 9.17) is 5.11 Å². The van der Waals surface area contributed by atoms with Crippen LogP contribution in [0.25, 0.3) is 11.3 Å². The Labute approximate surface area is 129 Å². The number of aryl methyl sites for hydroxylation is 2. The van der Waals surface area contributed by atoms with Gasteiger partial charge < -0.3 is 10.0 Å². The Hall–Kier alpha value is -1.72. The third kappa shape index (κ3) is 3.89. The number of benzene rings is 1. The van der Waals surface area contributed by atoms with Crippen molar-refractivity contribution in [3.8, 4) is 11.3 Å². The van der Waals surface area contributed by atoms with Crippen LogP contribution in [-0.4, -0.2) is 41.1 Å². The zero-order valence-corrected chi connectivity index (χ0v) is 13.4. The molecule has 0 atom stereocenters. The van der Waals surface area contributed by atoms with Gasteiger partial charge in [0.1, 0.15) is 0 Å². The summed E-state index contributed by atoms with van der Waals surface area (Å²) in [5.74, 6) is 0.000983. The predicted octanol–water partition coefficient (Wildman–Crippen LogP) is 2.42. The number of aliphatic hydroxyl groups is 1. The quantitative estimate of drug-likeness (QED) is 0.923. The van der Waals surface area contributed by atoms with Gasteiger partial charge in [0.2, 0.25) is 5.91 Å². The number of aliphatic hydroxyl groups excluding tert-OH is 1. The minimum Gasteiger partial charge on any atom is -0.395 e. The normalized spacial score (nSPS) is 10.7. The van der Waals surface area contributed by atoms with Crippen molar-refractivity contribution in [3.05, 3.63) is 39.7 Å². The second-order valence-electron chi connectivity index (χ2n) is 5.09. The third-order valence-electron chi connectivity index (χ3n) is 3.30. The molecule has 0 spiro atoms. The molecule has 21 heavy (non-hydrogen) atoms. The maximum absolute atomic E-state index is 12.1. The zero-order valence-electron chi connectivity index (χ0n) is 12.6. The molecule has 0 unspecified atom stereocenters. The molecule has 0 radical (unpaired) electrons. The summed E-state index contributed by atoms with van der Waals surface area (Å²) >= 11 is 1.56. The van der Waals surface area contributed by atoms with Crippen molar-refractivity contribution in [1.82, 2.24) is 9.88 Å². The lowest BCUT2D eigenvalue weighted by Crippen LogP contribution is -2.30. The molecule has 5 heteroatoms. The number of carbonyl (C=O) groups is 1. The van der Waals surface area contributed by atoms with Gasteiger partial charge in [-0.1, -0.05) is 29.8 Å². The molecule has 4 nitrogen and oxygen atoms in total. The molecule has 2 rings (SSSR count). The van der Waals surface area contributed by atoms with E-state index in [1.807, 2.05) is 38.1 Å². The molecule has 0 aliphatic carbocycles. The standard InChI is InChI=1S/C16H20N2O2S/c1-11-4-6-13(7-5-11)16-14(21-12(2)17-16)10-15(20)18(3)8-9-19/h4-7,19H,8-10H2,1-3H3. The smallest absolute Gasteiger partial charge is 0.227 e. The molecule has 1 aromatic carbocycles. The number of carbonyl (C=O) groups excluding carboxylic acids is 1. The van der Waals surface area contributed by atoms with Gasteiger partial charge >= 0.3 is 0 Å². The maximum Gasteiger partial charge on any atom is 0.227 e. The van der Waals surface area contributed by atoms with Gasteiger partial charge in [0.05, 0.1) is 23.7 Å². The number of likely N-dealkylation sites (N-methyl/N-ethyl adjacent to an activating group) is 1. The van der Waals surface area contributed by atoms with Crippen LogP contribution in [0.15, 0.2) is 24.3 Å². The van der Waals surface area contributed by atoms with Crippen molar-refractivity contribution in [2.24, 2.45) is 0 Å². The number of thiazole rings is 1. The summed E-state index contributed by atoms with van der Waals surface area (Å²) in [5.41, 5.74) is 3.13. The van der Waals surface area contributed by atoms with Crippen LogP contribution in [0.1, 0.15) is 15.4 Å². The van der Waals surface area contributed by atoms with Crippen LogP contribution in [0.5, 0.6) is 0 Å². The number of rotatable bonds is 5. The van der Waals surface area contributed by atoms with E-state index in [9.17, 15) is 4.79 Å². The summed E-state index contributed by atoms with van der Waals surface area (Å²) < 4.78 is 0. The van der Waals surface area contributed by atoms with Crippen LogP contribution in [0.4, 0.5) is 0 Å². The van der Waals surface area contributed by atoms with Crippen molar-refractivity contribution in [2.45, 2.75) is 20.3 Å². The fourth-order valence-corrected chi connectivity index (χ4v) is 3.02. The molecule has 1 amide bonds. The molecule has 1 heterocycles. The Balaban J connectivity index is 2.25. The van der Waals surface area contributed by atoms with Gasteiger partial charge in [-0.15, -0.1) is 11.3 Å². The largest absolute Gasteiger partial charge is 0.395 e. The SMILES string of the molecule is Cc1ccc(-c2nc(C)sc2CC(=O)N(C)CCO)cc1. The predicted molar refractivity (Wildman–Crippen MR) is 85.5 cm³/mol. The van der Waals surface area contributed by atoms with Crippen LogP contribution < -0.4 is 0 Å². The maximum atomic E-state index is 12.1. The molecular formula is C16H20N2O2S. The first-order valence-electron chi connectivity index (χ1n) is 6.89. The summed E-state index contributed by atoms with van der Waals surface area (Å²) in [5, 5.41) is 9.87. The highest BCUT2D eigenvalue weighted by Gasteiger charge is 2.16. The monoisotopic (exact) mass is 304 g/mol. The van der Waals surface area contributed by atoms with Crippen LogP contribution in [0.3, 0.4) is 0 Å². The van der Waals surface area contributed by atoms with E-state index < -0.39 is 0 Å². The lowest BCUT2D eigenvalue weighted by atomic mass is 10.1. The molecule has 0 aliphatic rings. The van der Waals surface area contributed by atoms with Crippen LogP contribution in [-0.2, 0) is 11.2 Å². The van der Waals surface area contributed by atoms with Gasteiger partial charge in [0.15, 0.2) is 0 Å². The molecule has 0 fully saturated rings. The summed E-state index contributed by atoms with van der Waals surface area (Å²) in [6.07, 6.45) is 0.325. The first-order valence-corrected chi connectivity index (χ1v) is 7.71. The average molecular weight is 304 g/mol. The summed E-state index contributed by atoms with van der Waals surface area (Å²) in [6, 6.07) is 8.17. The first-order chi connectivity index (χ1) is 10.0. The second-order valence-corrected chi connectivity index (χ2v) is 6.37. The van der Waals surface area contributed by atoms with Crippen LogP contribution >= 0.6 is 11.3 Å². The Morgan fingerprint density at radius 2 is 1.95 bits per heavy atom. The van der Waals surface area contributed by atoms with Gasteiger partial charge in [-0.2, -0.15) is 0 Å². The molecule has 0 saturated carbocycles. The van der Waals surface area contributed by atoms with Gasteiger partial charge in [-0.25, -0.2) is 4.98 Å². The number of aromatic nitrogens is 1. The van der Waals surface area contributed by atoms with Crippen LogP contribution in [0.2, 0.25) is 0 Å². The van der Waals surface area contributed by atoms with Crippen LogP contribution in [0, 0.1) is 13.8 Å². The Bertz CT molecular complexity index is 620. The third-order valence-corrected chi connectivity index (χ3v) is 4.27. The van der Waals surface area contributed by atoms with Gasteiger partial charge in [-0.05, 0) is 13.8 Å².